The third kappa shape index (κ3) is 3.35. The van der Waals surface area contributed by atoms with E-state index in [9.17, 15) is 0 Å². The van der Waals surface area contributed by atoms with E-state index in [1.54, 1.807) is 0 Å². The van der Waals surface area contributed by atoms with Crippen LogP contribution in [0.1, 0.15) is 31.5 Å². The molecule has 1 heterocycles. The van der Waals surface area contributed by atoms with Crippen LogP contribution in [0.5, 0.6) is 0 Å². The molecule has 1 saturated carbocycles. The fraction of sp³-hybridized carbons (Fsp3) is 0.667. The molecule has 2 rings (SSSR count). The lowest BCUT2D eigenvalue weighted by molar-refractivity contribution is 0.638. The maximum Gasteiger partial charge on any atom is 0.130 e. The molecule has 0 spiro atoms. The number of aromatic nitrogens is 2. The number of aryl methyl sites for hydroxylation is 1. The van der Waals surface area contributed by atoms with Gasteiger partial charge in [-0.1, -0.05) is 12.8 Å². The van der Waals surface area contributed by atoms with Crippen LogP contribution in [0.3, 0.4) is 0 Å². The third-order valence-corrected chi connectivity index (χ3v) is 5.17. The molecule has 1 fully saturated rings. The summed E-state index contributed by atoms with van der Waals surface area (Å²) < 4.78 is 1.25. The molecule has 0 bridgehead atoms. The fourth-order valence-electron chi connectivity index (χ4n) is 2.35. The predicted octanol–water partition coefficient (Wildman–Crippen LogP) is 3.64. The number of nitrogens with one attached hydrogen (secondary N) is 1. The summed E-state index contributed by atoms with van der Waals surface area (Å²) in [5.41, 5.74) is 0. The van der Waals surface area contributed by atoms with Gasteiger partial charge in [-0.05, 0) is 42.0 Å². The van der Waals surface area contributed by atoms with Gasteiger partial charge in [-0.2, -0.15) is 11.8 Å². The molecule has 0 atom stereocenters. The Balaban J connectivity index is 2.01. The number of thioether (sulfide) groups is 1. The summed E-state index contributed by atoms with van der Waals surface area (Å²) in [7, 11) is 0. The molecule has 0 radical (unpaired) electrons. The van der Waals surface area contributed by atoms with Crippen LogP contribution in [0.4, 0.5) is 5.82 Å². The van der Waals surface area contributed by atoms with Crippen LogP contribution in [0.25, 0.3) is 0 Å². The Bertz CT molecular complexity index is 371. The first kappa shape index (κ1) is 13.1. The smallest absolute Gasteiger partial charge is 0.130 e. The van der Waals surface area contributed by atoms with Crippen molar-refractivity contribution in [2.45, 2.75) is 37.4 Å². The van der Waals surface area contributed by atoms with Gasteiger partial charge in [0.05, 0.1) is 0 Å². The summed E-state index contributed by atoms with van der Waals surface area (Å²) in [5.74, 6) is 1.72. The number of hydrogen-bond acceptors (Lipinski definition) is 4. The van der Waals surface area contributed by atoms with Gasteiger partial charge in [0.1, 0.15) is 16.2 Å². The van der Waals surface area contributed by atoms with E-state index < -0.39 is 0 Å². The number of anilines is 1. The zero-order valence-electron chi connectivity index (χ0n) is 10.3. The van der Waals surface area contributed by atoms with Crippen molar-refractivity contribution in [1.82, 2.24) is 9.97 Å². The lowest BCUT2D eigenvalue weighted by atomic mass is 10.1. The van der Waals surface area contributed by atoms with E-state index in [2.05, 4.69) is 37.5 Å². The van der Waals surface area contributed by atoms with E-state index in [0.717, 1.165) is 22.8 Å². The number of rotatable bonds is 4. The Morgan fingerprint density at radius 2 is 2.12 bits per heavy atom. The highest BCUT2D eigenvalue weighted by atomic mass is 79.9. The van der Waals surface area contributed by atoms with Gasteiger partial charge in [-0.15, -0.1) is 0 Å². The van der Waals surface area contributed by atoms with E-state index >= 15 is 0 Å². The SMILES string of the molecule is CSC1(CNc2cc(Br)nc(C)n2)CCCC1. The third-order valence-electron chi connectivity index (χ3n) is 3.35. The summed E-state index contributed by atoms with van der Waals surface area (Å²) in [6.07, 6.45) is 7.55. The maximum atomic E-state index is 4.40. The number of nitrogens with zero attached hydrogens (tertiary/aromatic N) is 2. The van der Waals surface area contributed by atoms with Crippen molar-refractivity contribution in [1.29, 1.82) is 0 Å². The largest absolute Gasteiger partial charge is 0.369 e. The Morgan fingerprint density at radius 3 is 2.71 bits per heavy atom. The fourth-order valence-corrected chi connectivity index (χ4v) is 3.73. The van der Waals surface area contributed by atoms with Gasteiger partial charge >= 0.3 is 0 Å². The molecule has 1 aliphatic rings. The molecule has 17 heavy (non-hydrogen) atoms. The quantitative estimate of drug-likeness (QED) is 0.861. The zero-order valence-corrected chi connectivity index (χ0v) is 12.7. The van der Waals surface area contributed by atoms with Gasteiger partial charge in [-0.25, -0.2) is 9.97 Å². The molecule has 0 aromatic carbocycles. The van der Waals surface area contributed by atoms with Crippen LogP contribution < -0.4 is 5.32 Å². The Labute approximate surface area is 115 Å². The number of halogens is 1. The summed E-state index contributed by atoms with van der Waals surface area (Å²) in [6, 6.07) is 1.94. The van der Waals surface area contributed by atoms with Crippen LogP contribution in [-0.4, -0.2) is 27.5 Å². The van der Waals surface area contributed by atoms with Crippen LogP contribution in [-0.2, 0) is 0 Å². The Hall–Kier alpha value is -0.290. The summed E-state index contributed by atoms with van der Waals surface area (Å²) in [6.45, 7) is 2.91. The van der Waals surface area contributed by atoms with Crippen molar-refractivity contribution >= 4 is 33.5 Å². The zero-order chi connectivity index (χ0) is 12.3. The van der Waals surface area contributed by atoms with Gasteiger partial charge in [0.15, 0.2) is 0 Å². The van der Waals surface area contributed by atoms with Gasteiger partial charge in [0.2, 0.25) is 0 Å². The second kappa shape index (κ2) is 5.57. The van der Waals surface area contributed by atoms with Gasteiger partial charge in [-0.3, -0.25) is 0 Å². The van der Waals surface area contributed by atoms with Gasteiger partial charge in [0, 0.05) is 17.4 Å². The molecule has 1 aromatic heterocycles. The standard InChI is InChI=1S/C12H18BrN3S/c1-9-15-10(13)7-11(16-9)14-8-12(17-2)5-3-4-6-12/h7H,3-6,8H2,1-2H3,(H,14,15,16). The highest BCUT2D eigenvalue weighted by molar-refractivity contribution is 9.10. The van der Waals surface area contributed by atoms with Crippen molar-refractivity contribution in [2.75, 3.05) is 18.1 Å². The van der Waals surface area contributed by atoms with Crippen LogP contribution >= 0.6 is 27.7 Å². The molecule has 0 amide bonds. The molecular formula is C12H18BrN3S. The van der Waals surface area contributed by atoms with Crippen LogP contribution in [0.15, 0.2) is 10.7 Å². The van der Waals surface area contributed by atoms with E-state index in [1.165, 1.54) is 25.7 Å². The number of hydrogen-bond donors (Lipinski definition) is 1. The highest BCUT2D eigenvalue weighted by Crippen LogP contribution is 2.40. The molecular weight excluding hydrogens is 298 g/mol. The molecule has 1 N–H and O–H groups in total. The first-order valence-electron chi connectivity index (χ1n) is 5.94. The molecule has 1 aliphatic carbocycles. The van der Waals surface area contributed by atoms with Crippen LogP contribution in [0.2, 0.25) is 0 Å². The van der Waals surface area contributed by atoms with E-state index in [-0.39, 0.29) is 0 Å². The van der Waals surface area contributed by atoms with Crippen molar-refractivity contribution in [3.63, 3.8) is 0 Å². The molecule has 5 heteroatoms. The summed E-state index contributed by atoms with van der Waals surface area (Å²) in [4.78, 5) is 8.61. The molecule has 0 saturated heterocycles. The van der Waals surface area contributed by atoms with E-state index in [4.69, 9.17) is 0 Å². The average molecular weight is 316 g/mol. The molecule has 0 unspecified atom stereocenters. The summed E-state index contributed by atoms with van der Waals surface area (Å²) in [5, 5.41) is 3.46. The molecule has 0 aliphatic heterocycles. The van der Waals surface area contributed by atoms with Crippen molar-refractivity contribution in [3.8, 4) is 0 Å². The topological polar surface area (TPSA) is 37.8 Å². The van der Waals surface area contributed by atoms with Crippen molar-refractivity contribution in [2.24, 2.45) is 0 Å². The normalized spacial score (nSPS) is 18.3. The predicted molar refractivity (Wildman–Crippen MR) is 77.7 cm³/mol. The van der Waals surface area contributed by atoms with E-state index in [1.807, 2.05) is 24.8 Å². The lowest BCUT2D eigenvalue weighted by Crippen LogP contribution is -2.30. The van der Waals surface area contributed by atoms with E-state index in [0.29, 0.717) is 4.75 Å². The van der Waals surface area contributed by atoms with Crippen molar-refractivity contribution in [3.05, 3.63) is 16.5 Å². The minimum atomic E-state index is 0.408. The monoisotopic (exact) mass is 315 g/mol. The molecule has 3 nitrogen and oxygen atoms in total. The second-order valence-electron chi connectivity index (χ2n) is 4.57. The van der Waals surface area contributed by atoms with Crippen LogP contribution in [0, 0.1) is 6.92 Å². The maximum absolute atomic E-state index is 4.40. The first-order valence-corrected chi connectivity index (χ1v) is 7.96. The van der Waals surface area contributed by atoms with Gasteiger partial charge < -0.3 is 5.32 Å². The lowest BCUT2D eigenvalue weighted by Gasteiger charge is -2.27. The Kier molecular flexibility index (Phi) is 4.31. The minimum Gasteiger partial charge on any atom is -0.369 e. The molecule has 94 valence electrons. The van der Waals surface area contributed by atoms with Gasteiger partial charge in [0.25, 0.3) is 0 Å². The average Bonchev–Trinajstić information content (AvgIpc) is 2.74. The Morgan fingerprint density at radius 1 is 1.41 bits per heavy atom. The molecule has 1 aromatic rings. The summed E-state index contributed by atoms with van der Waals surface area (Å²) >= 11 is 5.39. The van der Waals surface area contributed by atoms with Crippen molar-refractivity contribution < 1.29 is 0 Å². The second-order valence-corrected chi connectivity index (χ2v) is 6.66. The minimum absolute atomic E-state index is 0.408. The highest BCUT2D eigenvalue weighted by Gasteiger charge is 2.32. The first-order chi connectivity index (χ1) is 8.13.